The highest BCUT2D eigenvalue weighted by Crippen LogP contribution is 2.26. The molecule has 0 bridgehead atoms. The van der Waals surface area contributed by atoms with Crippen LogP contribution in [-0.2, 0) is 14.8 Å². The summed E-state index contributed by atoms with van der Waals surface area (Å²) in [5.41, 5.74) is 1.31. The van der Waals surface area contributed by atoms with Crippen LogP contribution in [0.3, 0.4) is 0 Å². The van der Waals surface area contributed by atoms with Crippen LogP contribution >= 0.6 is 0 Å². The standard InChI is InChI=1S/C22H30N2O5S/c1-6-21(22(25)23-16(3)17-8-12-19(28-4)13-9-17)24(30(5,26)27)18-10-14-20(15-11-18)29-7-2/h8-16,21H,6-7H2,1-5H3,(H,23,25)/t16-,21-/m0/s1. The van der Waals surface area contributed by atoms with Crippen molar-refractivity contribution in [1.82, 2.24) is 5.32 Å². The number of carbonyl (C=O) groups excluding carboxylic acids is 1. The quantitative estimate of drug-likeness (QED) is 0.618. The molecule has 7 nitrogen and oxygen atoms in total. The molecule has 164 valence electrons. The van der Waals surface area contributed by atoms with Crippen LogP contribution < -0.4 is 19.1 Å². The van der Waals surface area contributed by atoms with E-state index in [-0.39, 0.29) is 11.9 Å². The summed E-state index contributed by atoms with van der Waals surface area (Å²) in [6.45, 7) is 6.03. The van der Waals surface area contributed by atoms with Gasteiger partial charge >= 0.3 is 0 Å². The number of hydrogen-bond acceptors (Lipinski definition) is 5. The summed E-state index contributed by atoms with van der Waals surface area (Å²) in [5, 5.41) is 2.93. The van der Waals surface area contributed by atoms with E-state index < -0.39 is 16.1 Å². The Morgan fingerprint density at radius 3 is 2.07 bits per heavy atom. The minimum atomic E-state index is -3.69. The van der Waals surface area contributed by atoms with E-state index in [2.05, 4.69) is 5.32 Å². The van der Waals surface area contributed by atoms with Crippen LogP contribution in [0.5, 0.6) is 11.5 Å². The van der Waals surface area contributed by atoms with E-state index in [1.54, 1.807) is 38.3 Å². The second kappa shape index (κ2) is 10.3. The van der Waals surface area contributed by atoms with Gasteiger partial charge in [-0.15, -0.1) is 0 Å². The number of methoxy groups -OCH3 is 1. The summed E-state index contributed by atoms with van der Waals surface area (Å²) in [5.74, 6) is 1.00. The van der Waals surface area contributed by atoms with Crippen molar-refractivity contribution in [3.05, 3.63) is 54.1 Å². The third kappa shape index (κ3) is 5.89. The summed E-state index contributed by atoms with van der Waals surface area (Å²) in [6, 6.07) is 12.9. The van der Waals surface area contributed by atoms with Gasteiger partial charge < -0.3 is 14.8 Å². The number of anilines is 1. The van der Waals surface area contributed by atoms with Crippen molar-refractivity contribution in [2.24, 2.45) is 0 Å². The van der Waals surface area contributed by atoms with Crippen LogP contribution in [0.25, 0.3) is 0 Å². The molecule has 0 aromatic heterocycles. The molecule has 0 saturated carbocycles. The van der Waals surface area contributed by atoms with Gasteiger partial charge in [0, 0.05) is 0 Å². The number of ether oxygens (including phenoxy) is 2. The second-order valence-corrected chi connectivity index (χ2v) is 8.77. The molecule has 8 heteroatoms. The van der Waals surface area contributed by atoms with E-state index in [0.717, 1.165) is 17.6 Å². The largest absolute Gasteiger partial charge is 0.497 e. The maximum atomic E-state index is 13.0. The Morgan fingerprint density at radius 1 is 1.03 bits per heavy atom. The van der Waals surface area contributed by atoms with Crippen LogP contribution in [0.4, 0.5) is 5.69 Å². The highest BCUT2D eigenvalue weighted by molar-refractivity contribution is 7.92. The Kier molecular flexibility index (Phi) is 8.11. The van der Waals surface area contributed by atoms with Gasteiger partial charge in [0.15, 0.2) is 0 Å². The minimum absolute atomic E-state index is 0.292. The van der Waals surface area contributed by atoms with E-state index in [9.17, 15) is 13.2 Å². The molecule has 0 saturated heterocycles. The number of carbonyl (C=O) groups is 1. The Hall–Kier alpha value is -2.74. The van der Waals surface area contributed by atoms with E-state index in [1.807, 2.05) is 38.1 Å². The van der Waals surface area contributed by atoms with E-state index in [4.69, 9.17) is 9.47 Å². The Balaban J connectivity index is 2.26. The Bertz CT molecular complexity index is 927. The summed E-state index contributed by atoms with van der Waals surface area (Å²) in [6.07, 6.45) is 1.42. The zero-order chi connectivity index (χ0) is 22.3. The van der Waals surface area contributed by atoms with Gasteiger partial charge in [-0.25, -0.2) is 8.42 Å². The van der Waals surface area contributed by atoms with Gasteiger partial charge in [0.1, 0.15) is 17.5 Å². The van der Waals surface area contributed by atoms with E-state index in [1.165, 1.54) is 4.31 Å². The average molecular weight is 435 g/mol. The molecule has 0 radical (unpaired) electrons. The van der Waals surface area contributed by atoms with Gasteiger partial charge in [-0.1, -0.05) is 19.1 Å². The summed E-state index contributed by atoms with van der Waals surface area (Å²) in [7, 11) is -2.10. The third-order valence-corrected chi connectivity index (χ3v) is 5.89. The van der Waals surface area contributed by atoms with Gasteiger partial charge in [0.05, 0.1) is 31.7 Å². The first-order valence-corrected chi connectivity index (χ1v) is 11.7. The minimum Gasteiger partial charge on any atom is -0.497 e. The maximum Gasteiger partial charge on any atom is 0.244 e. The number of amides is 1. The van der Waals surface area contributed by atoms with E-state index in [0.29, 0.717) is 24.5 Å². The highest BCUT2D eigenvalue weighted by Gasteiger charge is 2.32. The lowest BCUT2D eigenvalue weighted by Crippen LogP contribution is -2.49. The molecular weight excluding hydrogens is 404 g/mol. The topological polar surface area (TPSA) is 84.9 Å². The predicted octanol–water partition coefficient (Wildman–Crippen LogP) is 3.52. The van der Waals surface area contributed by atoms with Crippen LogP contribution in [-0.4, -0.2) is 40.3 Å². The Labute approximate surface area is 179 Å². The zero-order valence-electron chi connectivity index (χ0n) is 18.1. The molecular formula is C22H30N2O5S. The zero-order valence-corrected chi connectivity index (χ0v) is 18.9. The van der Waals surface area contributed by atoms with Crippen molar-refractivity contribution >= 4 is 21.6 Å². The van der Waals surface area contributed by atoms with Crippen molar-refractivity contribution < 1.29 is 22.7 Å². The summed E-state index contributed by atoms with van der Waals surface area (Å²) in [4.78, 5) is 13.0. The first-order chi connectivity index (χ1) is 14.2. The lowest BCUT2D eigenvalue weighted by molar-refractivity contribution is -0.122. The molecule has 30 heavy (non-hydrogen) atoms. The fourth-order valence-electron chi connectivity index (χ4n) is 3.20. The molecule has 1 N–H and O–H groups in total. The van der Waals surface area contributed by atoms with Crippen LogP contribution in [0.15, 0.2) is 48.5 Å². The molecule has 2 aromatic carbocycles. The van der Waals surface area contributed by atoms with Gasteiger partial charge in [-0.05, 0) is 62.2 Å². The van der Waals surface area contributed by atoms with Crippen molar-refractivity contribution in [3.8, 4) is 11.5 Å². The maximum absolute atomic E-state index is 13.0. The number of hydrogen-bond donors (Lipinski definition) is 1. The predicted molar refractivity (Wildman–Crippen MR) is 119 cm³/mol. The molecule has 0 fully saturated rings. The average Bonchev–Trinajstić information content (AvgIpc) is 2.72. The fourth-order valence-corrected chi connectivity index (χ4v) is 4.41. The number of nitrogens with one attached hydrogen (secondary N) is 1. The molecule has 0 aliphatic rings. The van der Waals surface area contributed by atoms with Gasteiger partial charge in [-0.2, -0.15) is 0 Å². The smallest absolute Gasteiger partial charge is 0.244 e. The van der Waals surface area contributed by atoms with Crippen LogP contribution in [0.2, 0.25) is 0 Å². The summed E-state index contributed by atoms with van der Waals surface area (Å²) < 4.78 is 36.9. The highest BCUT2D eigenvalue weighted by atomic mass is 32.2. The SMILES string of the molecule is CCOc1ccc(N([C@@H](CC)C(=O)N[C@@H](C)c2ccc(OC)cc2)S(C)(=O)=O)cc1. The monoisotopic (exact) mass is 434 g/mol. The normalized spacial score (nSPS) is 13.2. The van der Waals surface area contributed by atoms with Gasteiger partial charge in [0.25, 0.3) is 0 Å². The van der Waals surface area contributed by atoms with Crippen LogP contribution in [0, 0.1) is 0 Å². The van der Waals surface area contributed by atoms with Gasteiger partial charge in [0.2, 0.25) is 15.9 Å². The van der Waals surface area contributed by atoms with Crippen molar-refractivity contribution in [3.63, 3.8) is 0 Å². The molecule has 2 atom stereocenters. The second-order valence-electron chi connectivity index (χ2n) is 6.91. The first-order valence-electron chi connectivity index (χ1n) is 9.87. The van der Waals surface area contributed by atoms with Crippen molar-refractivity contribution in [2.45, 2.75) is 39.3 Å². The third-order valence-electron chi connectivity index (χ3n) is 4.71. The number of rotatable bonds is 10. The van der Waals surface area contributed by atoms with Gasteiger partial charge in [-0.3, -0.25) is 9.10 Å². The Morgan fingerprint density at radius 2 is 1.60 bits per heavy atom. The molecule has 0 aliphatic carbocycles. The van der Waals surface area contributed by atoms with Crippen molar-refractivity contribution in [1.29, 1.82) is 0 Å². The summed E-state index contributed by atoms with van der Waals surface area (Å²) >= 11 is 0. The lowest BCUT2D eigenvalue weighted by atomic mass is 10.1. The number of benzene rings is 2. The number of sulfonamides is 1. The lowest BCUT2D eigenvalue weighted by Gasteiger charge is -2.31. The van der Waals surface area contributed by atoms with Crippen molar-refractivity contribution in [2.75, 3.05) is 24.3 Å². The molecule has 1 amide bonds. The number of nitrogens with zero attached hydrogens (tertiary/aromatic N) is 1. The molecule has 0 heterocycles. The molecule has 0 aliphatic heterocycles. The van der Waals surface area contributed by atoms with Crippen LogP contribution in [0.1, 0.15) is 38.8 Å². The fraction of sp³-hybridized carbons (Fsp3) is 0.409. The first kappa shape index (κ1) is 23.5. The van der Waals surface area contributed by atoms with E-state index >= 15 is 0 Å². The molecule has 0 spiro atoms. The molecule has 2 aromatic rings. The molecule has 0 unspecified atom stereocenters. The molecule has 2 rings (SSSR count).